The monoisotopic (exact) mass is 532 g/mol. The Morgan fingerprint density at radius 1 is 1.08 bits per heavy atom. The van der Waals surface area contributed by atoms with Crippen LogP contribution in [-0.4, -0.2) is 91.7 Å². The first-order valence-electron chi connectivity index (χ1n) is 13.9. The van der Waals surface area contributed by atoms with Crippen molar-refractivity contribution in [2.75, 3.05) is 34.9 Å². The Hall–Kier alpha value is -2.29. The summed E-state index contributed by atoms with van der Waals surface area (Å²) >= 11 is 0. The first kappa shape index (κ1) is 31.9. The summed E-state index contributed by atoms with van der Waals surface area (Å²) in [5.74, 6) is -2.12. The van der Waals surface area contributed by atoms with E-state index in [4.69, 9.17) is 9.47 Å². The summed E-state index contributed by atoms with van der Waals surface area (Å²) in [7, 11) is 7.26. The smallest absolute Gasteiger partial charge is 0.307 e. The summed E-state index contributed by atoms with van der Waals surface area (Å²) in [6, 6.07) is 9.23. The van der Waals surface area contributed by atoms with Gasteiger partial charge in [0.15, 0.2) is 0 Å². The van der Waals surface area contributed by atoms with E-state index in [1.54, 1.807) is 21.1 Å². The van der Waals surface area contributed by atoms with E-state index < -0.39 is 23.9 Å². The van der Waals surface area contributed by atoms with Gasteiger partial charge in [-0.25, -0.2) is 0 Å². The molecule has 1 fully saturated rings. The van der Waals surface area contributed by atoms with Crippen LogP contribution in [0.3, 0.4) is 0 Å². The van der Waals surface area contributed by atoms with E-state index >= 15 is 0 Å². The molecule has 0 bridgehead atoms. The number of carboxylic acid groups (broad SMARTS) is 1. The molecule has 1 aliphatic rings. The van der Waals surface area contributed by atoms with Gasteiger partial charge in [-0.3, -0.25) is 14.4 Å². The summed E-state index contributed by atoms with van der Waals surface area (Å²) in [5, 5.41) is 9.78. The van der Waals surface area contributed by atoms with Crippen molar-refractivity contribution >= 4 is 17.7 Å². The van der Waals surface area contributed by atoms with E-state index in [1.807, 2.05) is 49.3 Å². The first-order valence-corrected chi connectivity index (χ1v) is 13.9. The third kappa shape index (κ3) is 8.35. The lowest BCUT2D eigenvalue weighted by Gasteiger charge is -2.38. The number of ether oxygens (including phenoxy) is 2. The Morgan fingerprint density at radius 2 is 1.74 bits per heavy atom. The van der Waals surface area contributed by atoms with Crippen LogP contribution in [-0.2, 0) is 30.3 Å². The Kier molecular flexibility index (Phi) is 12.9. The number of Topliss-reactive ketones (excluding diaryl/α,β-unsaturated/α-hetero) is 1. The van der Waals surface area contributed by atoms with E-state index in [0.29, 0.717) is 18.9 Å². The number of likely N-dealkylation sites (tertiary alicyclic amines) is 1. The van der Waals surface area contributed by atoms with Crippen molar-refractivity contribution in [1.82, 2.24) is 9.80 Å². The fourth-order valence-electron chi connectivity index (χ4n) is 5.98. The highest BCUT2D eigenvalue weighted by Crippen LogP contribution is 2.30. The predicted molar refractivity (Wildman–Crippen MR) is 148 cm³/mol. The standard InChI is InChI=1S/C30H48N2O6/c1-8-20(2)28(31(4)5)26(37-6)19-27(34)32-16-12-15-24(32)29(38-7)21(3)25(33)18-23(30(35)36)17-22-13-10-9-11-14-22/h9-11,13-14,20-21,23-24,26,28-29H,8,12,15-19H2,1-7H3,(H,35,36)/t20-,21-,23+,24-,26+,28-,29+/m0/s1. The van der Waals surface area contributed by atoms with Gasteiger partial charge in [-0.2, -0.15) is 0 Å². The molecule has 2 rings (SSSR count). The molecule has 214 valence electrons. The second-order valence-electron chi connectivity index (χ2n) is 11.0. The van der Waals surface area contributed by atoms with Gasteiger partial charge in [-0.1, -0.05) is 57.5 Å². The third-order valence-electron chi connectivity index (χ3n) is 8.28. The van der Waals surface area contributed by atoms with Crippen molar-refractivity contribution in [1.29, 1.82) is 0 Å². The van der Waals surface area contributed by atoms with E-state index in [1.165, 1.54) is 0 Å². The van der Waals surface area contributed by atoms with Crippen LogP contribution >= 0.6 is 0 Å². The van der Waals surface area contributed by atoms with Gasteiger partial charge in [-0.15, -0.1) is 0 Å². The number of hydrogen-bond acceptors (Lipinski definition) is 6. The molecule has 38 heavy (non-hydrogen) atoms. The topological polar surface area (TPSA) is 96.4 Å². The van der Waals surface area contributed by atoms with E-state index in [9.17, 15) is 19.5 Å². The summed E-state index contributed by atoms with van der Waals surface area (Å²) in [4.78, 5) is 42.8. The minimum absolute atomic E-state index is 0.00342. The lowest BCUT2D eigenvalue weighted by Crippen LogP contribution is -2.51. The zero-order valence-corrected chi connectivity index (χ0v) is 24.3. The Balaban J connectivity index is 2.13. The highest BCUT2D eigenvalue weighted by atomic mass is 16.5. The van der Waals surface area contributed by atoms with Crippen LogP contribution in [0.4, 0.5) is 0 Å². The fourth-order valence-corrected chi connectivity index (χ4v) is 5.98. The molecule has 1 N–H and O–H groups in total. The maximum atomic E-state index is 13.6. The number of amides is 1. The highest BCUT2D eigenvalue weighted by Gasteiger charge is 2.41. The summed E-state index contributed by atoms with van der Waals surface area (Å²) in [6.07, 6.45) is 2.30. The van der Waals surface area contributed by atoms with Crippen LogP contribution in [0.2, 0.25) is 0 Å². The van der Waals surface area contributed by atoms with Crippen LogP contribution < -0.4 is 0 Å². The van der Waals surface area contributed by atoms with Gasteiger partial charge in [-0.05, 0) is 44.8 Å². The molecular formula is C30H48N2O6. The number of carbonyl (C=O) groups excluding carboxylic acids is 2. The van der Waals surface area contributed by atoms with Crippen LogP contribution in [0, 0.1) is 17.8 Å². The number of nitrogens with zero attached hydrogens (tertiary/aromatic N) is 2. The number of hydrogen-bond donors (Lipinski definition) is 1. The molecule has 0 saturated carbocycles. The number of rotatable bonds is 16. The molecule has 0 aromatic heterocycles. The summed E-state index contributed by atoms with van der Waals surface area (Å²) < 4.78 is 11.6. The van der Waals surface area contributed by atoms with Crippen LogP contribution in [0.25, 0.3) is 0 Å². The Labute approximate surface area is 228 Å². The Morgan fingerprint density at radius 3 is 2.26 bits per heavy atom. The number of carboxylic acids is 1. The third-order valence-corrected chi connectivity index (χ3v) is 8.28. The van der Waals surface area contributed by atoms with Crippen molar-refractivity contribution in [3.63, 3.8) is 0 Å². The SMILES string of the molecule is CC[C@H](C)[C@@H]([C@@H](CC(=O)N1CCC[C@H]1[C@H](OC)[C@@H](C)C(=O)C[C@@H](Cc1ccccc1)C(=O)O)OC)N(C)C. The number of ketones is 1. The van der Waals surface area contributed by atoms with Crippen molar-refractivity contribution in [3.05, 3.63) is 35.9 Å². The van der Waals surface area contributed by atoms with Crippen LogP contribution in [0.15, 0.2) is 30.3 Å². The molecule has 1 aromatic carbocycles. The normalized spacial score (nSPS) is 20.5. The molecule has 8 nitrogen and oxygen atoms in total. The lowest BCUT2D eigenvalue weighted by molar-refractivity contribution is -0.146. The lowest BCUT2D eigenvalue weighted by atomic mass is 9.85. The van der Waals surface area contributed by atoms with Crippen LogP contribution in [0.5, 0.6) is 0 Å². The van der Waals surface area contributed by atoms with Crippen molar-refractivity contribution in [3.8, 4) is 0 Å². The van der Waals surface area contributed by atoms with Crippen molar-refractivity contribution in [2.45, 2.75) is 83.6 Å². The second-order valence-corrected chi connectivity index (χ2v) is 11.0. The van der Waals surface area contributed by atoms with Crippen LogP contribution in [0.1, 0.15) is 58.4 Å². The highest BCUT2D eigenvalue weighted by molar-refractivity contribution is 5.86. The maximum Gasteiger partial charge on any atom is 0.307 e. The quantitative estimate of drug-likeness (QED) is 0.345. The molecule has 0 aliphatic carbocycles. The van der Waals surface area contributed by atoms with Gasteiger partial charge in [0.2, 0.25) is 5.91 Å². The zero-order chi connectivity index (χ0) is 28.4. The van der Waals surface area contributed by atoms with Gasteiger partial charge < -0.3 is 24.4 Å². The fraction of sp³-hybridized carbons (Fsp3) is 0.700. The molecule has 1 heterocycles. The van der Waals surface area contributed by atoms with Gasteiger partial charge in [0, 0.05) is 39.1 Å². The van der Waals surface area contributed by atoms with Gasteiger partial charge in [0.1, 0.15) is 5.78 Å². The second kappa shape index (κ2) is 15.3. The number of benzene rings is 1. The molecule has 0 unspecified atom stereocenters. The van der Waals surface area contributed by atoms with Crippen molar-refractivity contribution < 1.29 is 29.0 Å². The molecule has 1 saturated heterocycles. The number of aliphatic carboxylic acids is 1. The van der Waals surface area contributed by atoms with E-state index in [-0.39, 0.29) is 42.7 Å². The number of likely N-dealkylation sites (N-methyl/N-ethyl adjacent to an activating group) is 1. The number of methoxy groups -OCH3 is 2. The van der Waals surface area contributed by atoms with Gasteiger partial charge in [0.25, 0.3) is 0 Å². The van der Waals surface area contributed by atoms with E-state index in [0.717, 1.165) is 24.8 Å². The summed E-state index contributed by atoms with van der Waals surface area (Å²) in [5.41, 5.74) is 0.886. The average Bonchev–Trinajstić information content (AvgIpc) is 3.37. The molecule has 0 radical (unpaired) electrons. The molecule has 7 atom stereocenters. The maximum absolute atomic E-state index is 13.6. The minimum Gasteiger partial charge on any atom is -0.481 e. The average molecular weight is 533 g/mol. The minimum atomic E-state index is -0.983. The van der Waals surface area contributed by atoms with E-state index in [2.05, 4.69) is 18.7 Å². The molecule has 1 aliphatic heterocycles. The molecule has 1 amide bonds. The first-order chi connectivity index (χ1) is 18.0. The molecule has 1 aromatic rings. The largest absolute Gasteiger partial charge is 0.481 e. The Bertz CT molecular complexity index is 892. The predicted octanol–water partition coefficient (Wildman–Crippen LogP) is 3.91. The zero-order valence-electron chi connectivity index (χ0n) is 24.3. The van der Waals surface area contributed by atoms with Gasteiger partial charge >= 0.3 is 5.97 Å². The van der Waals surface area contributed by atoms with Gasteiger partial charge in [0.05, 0.1) is 30.6 Å². The van der Waals surface area contributed by atoms with Crippen molar-refractivity contribution in [2.24, 2.45) is 17.8 Å². The molecule has 8 heteroatoms. The number of carbonyl (C=O) groups is 3. The molecule has 0 spiro atoms. The molecular weight excluding hydrogens is 484 g/mol. The summed E-state index contributed by atoms with van der Waals surface area (Å²) in [6.45, 7) is 6.73.